The van der Waals surface area contributed by atoms with E-state index in [4.69, 9.17) is 5.73 Å². The van der Waals surface area contributed by atoms with Gasteiger partial charge in [0.15, 0.2) is 0 Å². The molecule has 0 radical (unpaired) electrons. The molecule has 0 fully saturated rings. The second-order valence-electron chi connectivity index (χ2n) is 7.01. The van der Waals surface area contributed by atoms with Gasteiger partial charge < -0.3 is 16.4 Å². The van der Waals surface area contributed by atoms with Gasteiger partial charge in [-0.15, -0.1) is 0 Å². The second kappa shape index (κ2) is 9.32. The average molecular weight is 408 g/mol. The average Bonchev–Trinajstić information content (AvgIpc) is 3.02. The molecule has 2 aromatic rings. The number of amides is 4. The third-order valence-electron chi connectivity index (χ3n) is 4.94. The smallest absolute Gasteiger partial charge is 0.262 e. The largest absolute Gasteiger partial charge is 0.352 e. The van der Waals surface area contributed by atoms with Crippen molar-refractivity contribution in [1.82, 2.24) is 15.5 Å². The zero-order chi connectivity index (χ0) is 21.7. The summed E-state index contributed by atoms with van der Waals surface area (Å²) in [5.74, 6) is -1.56. The number of imide groups is 1. The summed E-state index contributed by atoms with van der Waals surface area (Å²) in [7, 11) is 0. The van der Waals surface area contributed by atoms with Gasteiger partial charge in [0, 0.05) is 18.7 Å². The lowest BCUT2D eigenvalue weighted by Crippen LogP contribution is -2.47. The molecule has 1 unspecified atom stereocenters. The third-order valence-corrected chi connectivity index (χ3v) is 4.94. The Hall–Kier alpha value is -3.52. The van der Waals surface area contributed by atoms with Gasteiger partial charge in [0.2, 0.25) is 5.91 Å². The van der Waals surface area contributed by atoms with Gasteiger partial charge in [0.25, 0.3) is 17.7 Å². The van der Waals surface area contributed by atoms with Crippen LogP contribution in [0.25, 0.3) is 0 Å². The molecular weight excluding hydrogens is 384 g/mol. The zero-order valence-electron chi connectivity index (χ0n) is 16.7. The predicted octanol–water partition coefficient (Wildman–Crippen LogP) is 1.07. The molecule has 156 valence electrons. The van der Waals surface area contributed by atoms with Crippen molar-refractivity contribution < 1.29 is 19.2 Å². The maximum Gasteiger partial charge on any atom is 0.262 e. The lowest BCUT2D eigenvalue weighted by Gasteiger charge is -2.21. The van der Waals surface area contributed by atoms with E-state index in [1.165, 1.54) is 6.92 Å². The topological polar surface area (TPSA) is 122 Å². The number of benzene rings is 2. The molecule has 2 aromatic carbocycles. The van der Waals surface area contributed by atoms with Crippen LogP contribution in [0.5, 0.6) is 0 Å². The van der Waals surface area contributed by atoms with E-state index in [0.29, 0.717) is 36.2 Å². The molecule has 0 saturated carbocycles. The second-order valence-corrected chi connectivity index (χ2v) is 7.01. The minimum absolute atomic E-state index is 0.182. The van der Waals surface area contributed by atoms with Gasteiger partial charge in [-0.25, -0.2) is 0 Å². The lowest BCUT2D eigenvalue weighted by molar-refractivity contribution is -0.124. The van der Waals surface area contributed by atoms with E-state index in [9.17, 15) is 19.2 Å². The molecule has 0 aliphatic carbocycles. The molecule has 1 aliphatic heterocycles. The van der Waals surface area contributed by atoms with Crippen molar-refractivity contribution in [3.63, 3.8) is 0 Å². The number of nitrogens with zero attached hydrogens (tertiary/aromatic N) is 1. The summed E-state index contributed by atoms with van der Waals surface area (Å²) < 4.78 is 0. The summed E-state index contributed by atoms with van der Waals surface area (Å²) in [4.78, 5) is 50.5. The van der Waals surface area contributed by atoms with Crippen molar-refractivity contribution in [3.8, 4) is 0 Å². The predicted molar refractivity (Wildman–Crippen MR) is 111 cm³/mol. The summed E-state index contributed by atoms with van der Waals surface area (Å²) in [6.45, 7) is 2.76. The van der Waals surface area contributed by atoms with Gasteiger partial charge in [-0.2, -0.15) is 0 Å². The Morgan fingerprint density at radius 3 is 2.13 bits per heavy atom. The molecule has 0 bridgehead atoms. The molecule has 4 N–H and O–H groups in total. The van der Waals surface area contributed by atoms with Crippen molar-refractivity contribution in [2.24, 2.45) is 5.73 Å². The molecule has 0 saturated heterocycles. The molecular formula is C22H24N4O4. The first kappa shape index (κ1) is 21.2. The summed E-state index contributed by atoms with van der Waals surface area (Å²) in [6.07, 6.45) is 0.709. The van der Waals surface area contributed by atoms with Crippen LogP contribution in [0.3, 0.4) is 0 Å². The lowest BCUT2D eigenvalue weighted by atomic mass is 10.1. The minimum atomic E-state index is -0.940. The molecule has 3 rings (SSSR count). The van der Waals surface area contributed by atoms with Crippen LogP contribution in [-0.2, 0) is 11.3 Å². The van der Waals surface area contributed by atoms with Crippen molar-refractivity contribution in [2.75, 3.05) is 13.1 Å². The summed E-state index contributed by atoms with van der Waals surface area (Å²) in [5.41, 5.74) is 7.32. The number of fused-ring (bicyclic) bond motifs is 1. The fourth-order valence-electron chi connectivity index (χ4n) is 3.19. The molecule has 0 spiro atoms. The highest BCUT2D eigenvalue weighted by molar-refractivity contribution is 6.22. The third kappa shape index (κ3) is 4.38. The molecule has 1 atom stereocenters. The van der Waals surface area contributed by atoms with Crippen LogP contribution in [-0.4, -0.2) is 47.7 Å². The molecule has 1 aliphatic rings. The Balaban J connectivity index is 1.56. The van der Waals surface area contributed by atoms with E-state index < -0.39 is 23.8 Å². The monoisotopic (exact) mass is 408 g/mol. The van der Waals surface area contributed by atoms with E-state index in [2.05, 4.69) is 10.6 Å². The molecule has 4 amide bonds. The van der Waals surface area contributed by atoms with Crippen molar-refractivity contribution in [2.45, 2.75) is 25.9 Å². The van der Waals surface area contributed by atoms with Gasteiger partial charge in [-0.3, -0.25) is 24.1 Å². The number of carbonyl (C=O) groups is 4. The van der Waals surface area contributed by atoms with Crippen molar-refractivity contribution >= 4 is 23.6 Å². The molecule has 0 aromatic heterocycles. The van der Waals surface area contributed by atoms with Gasteiger partial charge in [0.1, 0.15) is 6.04 Å². The van der Waals surface area contributed by atoms with Crippen LogP contribution < -0.4 is 16.4 Å². The number of nitrogens with two attached hydrogens (primary N) is 1. The number of rotatable bonds is 8. The maximum absolute atomic E-state index is 12.5. The Kier molecular flexibility index (Phi) is 6.58. The fourth-order valence-corrected chi connectivity index (χ4v) is 3.19. The molecule has 8 nitrogen and oxygen atoms in total. The van der Waals surface area contributed by atoms with E-state index in [-0.39, 0.29) is 12.5 Å². The highest BCUT2D eigenvalue weighted by atomic mass is 16.2. The first-order chi connectivity index (χ1) is 14.4. The van der Waals surface area contributed by atoms with Crippen LogP contribution in [0, 0.1) is 0 Å². The van der Waals surface area contributed by atoms with E-state index in [1.54, 1.807) is 48.5 Å². The van der Waals surface area contributed by atoms with Crippen LogP contribution in [0.2, 0.25) is 0 Å². The van der Waals surface area contributed by atoms with E-state index >= 15 is 0 Å². The van der Waals surface area contributed by atoms with E-state index in [0.717, 1.165) is 10.5 Å². The summed E-state index contributed by atoms with van der Waals surface area (Å²) in [6, 6.07) is 12.4. The molecule has 30 heavy (non-hydrogen) atoms. The van der Waals surface area contributed by atoms with E-state index in [1.807, 2.05) is 0 Å². The Labute approximate surface area is 174 Å². The molecule has 1 heterocycles. The van der Waals surface area contributed by atoms with Crippen LogP contribution in [0.4, 0.5) is 0 Å². The minimum Gasteiger partial charge on any atom is -0.352 e. The van der Waals surface area contributed by atoms with Crippen molar-refractivity contribution in [3.05, 3.63) is 70.8 Å². The summed E-state index contributed by atoms with van der Waals surface area (Å²) >= 11 is 0. The Bertz CT molecular complexity index is 936. The van der Waals surface area contributed by atoms with Crippen molar-refractivity contribution in [1.29, 1.82) is 0 Å². The van der Waals surface area contributed by atoms with Gasteiger partial charge in [-0.1, -0.05) is 24.3 Å². The quantitative estimate of drug-likeness (QED) is 0.446. The van der Waals surface area contributed by atoms with Gasteiger partial charge in [0.05, 0.1) is 11.1 Å². The number of hydrogen-bond donors (Lipinski definition) is 3. The summed E-state index contributed by atoms with van der Waals surface area (Å²) in [5, 5.41) is 5.51. The first-order valence-corrected chi connectivity index (χ1v) is 9.76. The van der Waals surface area contributed by atoms with Crippen LogP contribution in [0.15, 0.2) is 48.5 Å². The highest BCUT2D eigenvalue weighted by Crippen LogP contribution is 2.24. The number of carbonyl (C=O) groups excluding carboxylic acids is 4. The van der Waals surface area contributed by atoms with Gasteiger partial charge in [-0.05, 0) is 49.7 Å². The number of hydrogen-bond acceptors (Lipinski definition) is 5. The standard InChI is InChI=1S/C22H24N4O4/c1-14(26-21(29)17-5-2-3-6-18(17)22(26)30)19(27)25-13-15-7-9-16(10-8-15)20(28)24-12-4-11-23/h2-3,5-10,14H,4,11-13,23H2,1H3,(H,24,28)(H,25,27). The maximum atomic E-state index is 12.5. The molecule has 8 heteroatoms. The van der Waals surface area contributed by atoms with Crippen LogP contribution in [0.1, 0.15) is 50.0 Å². The normalized spacial score (nSPS) is 13.7. The zero-order valence-corrected chi connectivity index (χ0v) is 16.7. The van der Waals surface area contributed by atoms with Crippen LogP contribution >= 0.6 is 0 Å². The Morgan fingerprint density at radius 2 is 1.57 bits per heavy atom. The number of nitrogens with one attached hydrogen (secondary N) is 2. The Morgan fingerprint density at radius 1 is 0.967 bits per heavy atom. The highest BCUT2D eigenvalue weighted by Gasteiger charge is 2.40. The SMILES string of the molecule is CC(C(=O)NCc1ccc(C(=O)NCCCN)cc1)N1C(=O)c2ccccc2C1=O. The van der Waals surface area contributed by atoms with Gasteiger partial charge >= 0.3 is 0 Å². The fraction of sp³-hybridized carbons (Fsp3) is 0.273. The first-order valence-electron chi connectivity index (χ1n) is 9.76.